The van der Waals surface area contributed by atoms with E-state index in [-0.39, 0.29) is 52.4 Å². The maximum atomic E-state index is 11.4. The van der Waals surface area contributed by atoms with E-state index >= 15 is 0 Å². The third kappa shape index (κ3) is 4.06. The van der Waals surface area contributed by atoms with Gasteiger partial charge in [0, 0.05) is 40.8 Å². The van der Waals surface area contributed by atoms with Crippen LogP contribution in [0.25, 0.3) is 0 Å². The Morgan fingerprint density at radius 2 is 1.00 bits per heavy atom. The molecule has 4 atom stereocenters. The first-order valence-corrected chi connectivity index (χ1v) is 8.03. The number of cyclic esters (lactones) is 2. The third-order valence-corrected chi connectivity index (χ3v) is 6.14. The van der Waals surface area contributed by atoms with Gasteiger partial charge in [0.2, 0.25) is 0 Å². The summed E-state index contributed by atoms with van der Waals surface area (Å²) >= 11 is 0. The summed E-state index contributed by atoms with van der Waals surface area (Å²) in [6.07, 6.45) is 0. The minimum atomic E-state index is -0.829. The fraction of sp³-hybridized carbons (Fsp3) is 0.556. The first-order valence-electron chi connectivity index (χ1n) is 8.03. The maximum absolute atomic E-state index is 11.4. The third-order valence-electron chi connectivity index (χ3n) is 6.14. The molecule has 2 radical (unpaired) electrons. The molecule has 0 amide bonds. The number of rotatable bonds is 2. The molecule has 0 saturated carbocycles. The van der Waals surface area contributed by atoms with E-state index in [1.54, 1.807) is 53.9 Å². The number of ether oxygens (including phenoxy) is 1. The minimum Gasteiger partial charge on any atom is -0.617 e. The second kappa shape index (κ2) is 9.48. The van der Waals surface area contributed by atoms with Crippen LogP contribution in [0.2, 0.25) is 0 Å². The van der Waals surface area contributed by atoms with Crippen LogP contribution >= 0.6 is 0 Å². The standard InChI is InChI=1S/C10H15NO2.C8H9NO3.2Re.2Rf/c1-7(12)9(3)5-11-6-10(9,4)8(2)13;1-7-3-9-4-8(7,2)6(11)12-5(7)10;;;;/h5-6,11H,1-4H3;3-4,9H,1-2H3;;;;/q2*-2;;;;. The Hall–Kier alpha value is -2.28. The summed E-state index contributed by atoms with van der Waals surface area (Å²) in [5.74, 6) is -0.939. The van der Waals surface area contributed by atoms with Gasteiger partial charge >= 0.3 is 0 Å². The number of ketones is 2. The van der Waals surface area contributed by atoms with E-state index in [1.165, 1.54) is 13.8 Å². The Kier molecular flexibility index (Phi) is 10.3. The molecule has 3 aliphatic rings. The van der Waals surface area contributed by atoms with Crippen LogP contribution in [0, 0.1) is 47.8 Å². The molecular weight excluding hydrogens is 1230 g/mol. The van der Waals surface area contributed by atoms with Crippen LogP contribution in [-0.2, 0) is 64.8 Å². The van der Waals surface area contributed by atoms with Gasteiger partial charge < -0.3 is 25.0 Å². The monoisotopic (exact) mass is 1260 g/mol. The molecule has 11 heteroatoms. The van der Waals surface area contributed by atoms with E-state index in [4.69, 9.17) is 0 Å². The van der Waals surface area contributed by atoms with Gasteiger partial charge in [-0.15, -0.1) is 10.8 Å². The maximum Gasteiger partial charge on any atom is 0.288 e. The molecule has 3 saturated heterocycles. The normalized spacial score (nSPS) is 36.6. The van der Waals surface area contributed by atoms with E-state index in [1.807, 2.05) is 0 Å². The fourth-order valence-corrected chi connectivity index (χ4v) is 3.12. The van der Waals surface area contributed by atoms with Crippen molar-refractivity contribution in [1.82, 2.24) is 10.6 Å². The fourth-order valence-electron chi connectivity index (χ4n) is 3.12. The van der Waals surface area contributed by atoms with Crippen LogP contribution in [0.15, 0.2) is 0 Å². The predicted molar refractivity (Wildman–Crippen MR) is 88.4 cm³/mol. The van der Waals surface area contributed by atoms with E-state index in [0.717, 1.165) is 0 Å². The number of Topliss-reactive ketones (excluding diaryl/α,β-unsaturated/α-hetero) is 2. The number of hydrogen-bond acceptors (Lipinski definition) is 7. The molecule has 0 bridgehead atoms. The van der Waals surface area contributed by atoms with Crippen LogP contribution in [0.5, 0.6) is 0 Å². The van der Waals surface area contributed by atoms with Gasteiger partial charge in [-0.2, -0.15) is 0 Å². The van der Waals surface area contributed by atoms with Crippen molar-refractivity contribution in [1.29, 1.82) is 0 Å². The Balaban J connectivity index is -0.000000410. The Morgan fingerprint density at radius 3 is 1.28 bits per heavy atom. The minimum absolute atomic E-state index is 0. The first-order chi connectivity index (χ1) is 11.3. The second-order valence-electron chi connectivity index (χ2n) is 7.51. The zero-order valence-corrected chi connectivity index (χ0v) is 35.8. The van der Waals surface area contributed by atoms with Gasteiger partial charge in [0.05, 0.1) is 0 Å². The van der Waals surface area contributed by atoms with Crippen molar-refractivity contribution in [3.63, 3.8) is 0 Å². The summed E-state index contributed by atoms with van der Waals surface area (Å²) in [5, 5.41) is 5.67. The second-order valence-corrected chi connectivity index (χ2v) is 7.51. The Labute approximate surface area is 187 Å². The number of carbonyl (C=O) groups is 4. The van der Waals surface area contributed by atoms with E-state index < -0.39 is 33.6 Å². The number of carbonyl (C=O) groups excluding carboxylic acids is 4. The van der Waals surface area contributed by atoms with Gasteiger partial charge in [-0.05, 0) is 13.8 Å². The summed E-state index contributed by atoms with van der Waals surface area (Å²) in [6.45, 7) is 16.6. The average Bonchev–Trinajstić information content (AvgIpc) is 3.05. The van der Waals surface area contributed by atoms with Crippen LogP contribution in [0.4, 0.5) is 0 Å². The molecule has 7 nitrogen and oxygen atoms in total. The van der Waals surface area contributed by atoms with Crippen molar-refractivity contribution in [2.24, 2.45) is 21.7 Å². The summed E-state index contributed by atoms with van der Waals surface area (Å²) in [7, 11) is 0. The van der Waals surface area contributed by atoms with Crippen molar-refractivity contribution in [2.45, 2.75) is 41.5 Å². The Bertz CT molecular complexity index is 616. The van der Waals surface area contributed by atoms with E-state index in [9.17, 15) is 19.2 Å². The number of nitrogens with one attached hydrogen (secondary N) is 2. The van der Waals surface area contributed by atoms with Crippen molar-refractivity contribution >= 4 is 23.5 Å². The zero-order valence-electron chi connectivity index (χ0n) is 17.5. The summed E-state index contributed by atoms with van der Waals surface area (Å²) < 4.78 is 4.55. The van der Waals surface area contributed by atoms with Gasteiger partial charge in [-0.25, -0.2) is 0 Å². The summed E-state index contributed by atoms with van der Waals surface area (Å²) in [6, 6.07) is 0. The van der Waals surface area contributed by atoms with E-state index in [0.29, 0.717) is 0 Å². The van der Waals surface area contributed by atoms with Gasteiger partial charge in [-0.3, -0.25) is 35.8 Å². The zero-order chi connectivity index (χ0) is 19.3. The molecule has 0 aromatic heterocycles. The number of esters is 2. The molecule has 4 unspecified atom stereocenters. The molecule has 29 heavy (non-hydrogen) atoms. The van der Waals surface area contributed by atoms with Crippen molar-refractivity contribution < 1.29 is 64.8 Å². The molecular formula is C18H24N2O5Re2Rf2-4. The van der Waals surface area contributed by atoms with E-state index in [2.05, 4.69) is 15.4 Å². The molecule has 3 heterocycles. The van der Waals surface area contributed by atoms with Crippen LogP contribution < -0.4 is 10.6 Å². The van der Waals surface area contributed by atoms with Crippen molar-refractivity contribution in [2.75, 3.05) is 0 Å². The van der Waals surface area contributed by atoms with Gasteiger partial charge in [-0.1, -0.05) is 38.5 Å². The SMILES string of the molecule is CC(=O)C1(C)[CH-]N[CH-]C1(C)C(C)=O.CC12[CH-]N[CH-]C1(C)C(=O)OC2=O.[Re].[Re].[Rf].[Rf]. The molecule has 0 aromatic carbocycles. The van der Waals surface area contributed by atoms with Crippen LogP contribution in [-0.4, -0.2) is 23.5 Å². The average molecular weight is 1250 g/mol. The molecule has 0 spiro atoms. The predicted octanol–water partition coefficient (Wildman–Crippen LogP) is 1.11. The quantitative estimate of drug-likeness (QED) is 0.243. The summed E-state index contributed by atoms with van der Waals surface area (Å²) in [5.41, 5.74) is -3.08. The molecule has 0 aliphatic carbocycles. The molecule has 3 fully saturated rings. The topological polar surface area (TPSA) is 102 Å². The first kappa shape index (κ1) is 31.4. The molecule has 3 rings (SSSR count). The summed E-state index contributed by atoms with van der Waals surface area (Å²) in [4.78, 5) is 45.4. The number of fused-ring (bicyclic) bond motifs is 1. The molecule has 3 aliphatic heterocycles. The van der Waals surface area contributed by atoms with Gasteiger partial charge in [0.1, 0.15) is 11.6 Å². The van der Waals surface area contributed by atoms with Crippen LogP contribution in [0.3, 0.4) is 0 Å². The molecule has 158 valence electrons. The largest absolute Gasteiger partial charge is 0.617 e. The van der Waals surface area contributed by atoms with Crippen LogP contribution in [0.1, 0.15) is 41.5 Å². The molecule has 2 N–H and O–H groups in total. The van der Waals surface area contributed by atoms with Crippen molar-refractivity contribution in [3.05, 3.63) is 26.2 Å². The number of hydrogen-bond donors (Lipinski definition) is 2. The Morgan fingerprint density at radius 1 is 0.724 bits per heavy atom. The van der Waals surface area contributed by atoms with Gasteiger partial charge in [0.25, 0.3) is 11.9 Å². The van der Waals surface area contributed by atoms with Gasteiger partial charge in [0.15, 0.2) is 0 Å². The smallest absolute Gasteiger partial charge is 0.288 e. The molecule has 0 aromatic rings. The van der Waals surface area contributed by atoms with Crippen molar-refractivity contribution in [3.8, 4) is 0 Å².